The van der Waals surface area contributed by atoms with Crippen LogP contribution in [0.1, 0.15) is 75.5 Å². The summed E-state index contributed by atoms with van der Waals surface area (Å²) >= 11 is 0. The van der Waals surface area contributed by atoms with Gasteiger partial charge in [-0.25, -0.2) is 0 Å². The number of carbonyl (C=O) groups is 2. The zero-order valence-electron chi connectivity index (χ0n) is 15.4. The van der Waals surface area contributed by atoms with Crippen LogP contribution in [0.2, 0.25) is 0 Å². The molecule has 0 aromatic rings. The Morgan fingerprint density at radius 3 is 1.65 bits per heavy atom. The molecule has 0 heterocycles. The fraction of sp³-hybridized carbons (Fsp3) is 0.867. The van der Waals surface area contributed by atoms with Crippen LogP contribution in [0, 0.1) is 10.8 Å². The van der Waals surface area contributed by atoms with Crippen LogP contribution in [0.4, 0.5) is 0 Å². The molecule has 5 heteroatoms. The molecule has 116 valence electrons. The fourth-order valence-corrected chi connectivity index (χ4v) is 2.49. The predicted molar refractivity (Wildman–Crippen MR) is 83.1 cm³/mol. The standard InChI is InChI=1S/C15H28O4.Ba.2H/c1-5-6-7-8-9-10-11-15(12(16)17,13(18)19)14(2,3)4;;;/h5-11H2,1-4H3,(H,16,17)(H,18,19);;;/q;+2;2*-1. The zero-order chi connectivity index (χ0) is 15.1. The number of aliphatic carboxylic acids is 2. The summed E-state index contributed by atoms with van der Waals surface area (Å²) in [5.74, 6) is -2.44. The van der Waals surface area contributed by atoms with Crippen LogP contribution in [0.15, 0.2) is 0 Å². The molecule has 0 atom stereocenters. The van der Waals surface area contributed by atoms with Gasteiger partial charge in [0.25, 0.3) is 0 Å². The molecule has 0 spiro atoms. The van der Waals surface area contributed by atoms with Crippen molar-refractivity contribution >= 4 is 60.8 Å². The van der Waals surface area contributed by atoms with Gasteiger partial charge in [-0.3, -0.25) is 9.59 Å². The quantitative estimate of drug-likeness (QED) is 0.344. The summed E-state index contributed by atoms with van der Waals surface area (Å²) in [5.41, 5.74) is -2.48. The van der Waals surface area contributed by atoms with Crippen molar-refractivity contribution < 1.29 is 22.7 Å². The maximum atomic E-state index is 11.5. The van der Waals surface area contributed by atoms with Crippen LogP contribution in [0.5, 0.6) is 0 Å². The molecule has 0 saturated carbocycles. The first kappa shape index (κ1) is 22.8. The van der Waals surface area contributed by atoms with E-state index in [-0.39, 0.29) is 58.2 Å². The molecule has 0 unspecified atom stereocenters. The Morgan fingerprint density at radius 1 is 0.900 bits per heavy atom. The first-order valence-electron chi connectivity index (χ1n) is 7.17. The molecule has 0 aromatic carbocycles. The van der Waals surface area contributed by atoms with E-state index < -0.39 is 22.8 Å². The van der Waals surface area contributed by atoms with Crippen LogP contribution >= 0.6 is 0 Å². The molecular formula is C15H30BaO4. The van der Waals surface area contributed by atoms with Gasteiger partial charge in [0.15, 0.2) is 5.41 Å². The van der Waals surface area contributed by atoms with Gasteiger partial charge in [-0.05, 0) is 11.8 Å². The van der Waals surface area contributed by atoms with Gasteiger partial charge >= 0.3 is 60.8 Å². The van der Waals surface area contributed by atoms with E-state index in [4.69, 9.17) is 0 Å². The van der Waals surface area contributed by atoms with Crippen LogP contribution in [0.3, 0.4) is 0 Å². The average molecular weight is 412 g/mol. The molecule has 0 bridgehead atoms. The van der Waals surface area contributed by atoms with Crippen molar-refractivity contribution in [2.75, 3.05) is 0 Å². The molecular weight excluding hydrogens is 381 g/mol. The second kappa shape index (κ2) is 10.3. The molecule has 2 N–H and O–H groups in total. The Morgan fingerprint density at radius 2 is 1.30 bits per heavy atom. The molecule has 20 heavy (non-hydrogen) atoms. The van der Waals surface area contributed by atoms with Crippen molar-refractivity contribution in [3.05, 3.63) is 0 Å². The third-order valence-corrected chi connectivity index (χ3v) is 3.92. The van der Waals surface area contributed by atoms with Crippen LogP contribution in [-0.4, -0.2) is 71.0 Å². The summed E-state index contributed by atoms with van der Waals surface area (Å²) in [6.45, 7) is 7.20. The van der Waals surface area contributed by atoms with E-state index in [9.17, 15) is 19.8 Å². The second-order valence-corrected chi connectivity index (χ2v) is 6.28. The monoisotopic (exact) mass is 412 g/mol. The van der Waals surface area contributed by atoms with E-state index in [1.165, 1.54) is 6.42 Å². The van der Waals surface area contributed by atoms with Crippen molar-refractivity contribution in [1.82, 2.24) is 0 Å². The third kappa shape index (κ3) is 6.10. The van der Waals surface area contributed by atoms with E-state index in [1.54, 1.807) is 20.8 Å². The van der Waals surface area contributed by atoms with Crippen LogP contribution in [0.25, 0.3) is 0 Å². The minimum Gasteiger partial charge on any atom is -1.00 e. The first-order chi connectivity index (χ1) is 8.70. The number of rotatable bonds is 9. The van der Waals surface area contributed by atoms with Gasteiger partial charge in [0, 0.05) is 0 Å². The van der Waals surface area contributed by atoms with Gasteiger partial charge < -0.3 is 13.1 Å². The van der Waals surface area contributed by atoms with Crippen molar-refractivity contribution in [2.45, 2.75) is 72.6 Å². The number of carboxylic acids is 2. The summed E-state index contributed by atoms with van der Waals surface area (Å²) < 4.78 is 0. The van der Waals surface area contributed by atoms with E-state index >= 15 is 0 Å². The Kier molecular flexibility index (Phi) is 11.7. The maximum absolute atomic E-state index is 11.5. The Labute approximate surface area is 165 Å². The molecule has 0 radical (unpaired) electrons. The normalized spacial score (nSPS) is 11.8. The predicted octanol–water partition coefficient (Wildman–Crippen LogP) is 3.78. The maximum Gasteiger partial charge on any atom is 2.00 e. The average Bonchev–Trinajstić information content (AvgIpc) is 2.25. The molecule has 0 aromatic heterocycles. The van der Waals surface area contributed by atoms with Crippen LogP contribution < -0.4 is 0 Å². The molecule has 0 aliphatic carbocycles. The Balaban J connectivity index is -0.000000540. The molecule has 0 aliphatic heterocycles. The van der Waals surface area contributed by atoms with E-state index in [0.717, 1.165) is 25.7 Å². The molecule has 0 fully saturated rings. The van der Waals surface area contributed by atoms with Gasteiger partial charge in [0.2, 0.25) is 0 Å². The van der Waals surface area contributed by atoms with Crippen molar-refractivity contribution in [3.63, 3.8) is 0 Å². The fourth-order valence-electron chi connectivity index (χ4n) is 2.49. The van der Waals surface area contributed by atoms with Gasteiger partial charge in [-0.2, -0.15) is 0 Å². The summed E-state index contributed by atoms with van der Waals surface area (Å²) in [4.78, 5) is 23.0. The van der Waals surface area contributed by atoms with E-state index in [1.807, 2.05) is 0 Å². The first-order valence-corrected chi connectivity index (χ1v) is 7.17. The number of carboxylic acid groups (broad SMARTS) is 2. The van der Waals surface area contributed by atoms with Gasteiger partial charge in [0.05, 0.1) is 0 Å². The SMILES string of the molecule is CCCCCCCCC(C(=O)O)(C(=O)O)C(C)(C)C.[Ba+2].[H-].[H-]. The van der Waals surface area contributed by atoms with Crippen molar-refractivity contribution in [2.24, 2.45) is 10.8 Å². The summed E-state index contributed by atoms with van der Waals surface area (Å²) in [6.07, 6.45) is 6.29. The molecule has 0 rings (SSSR count). The van der Waals surface area contributed by atoms with E-state index in [0.29, 0.717) is 6.42 Å². The zero-order valence-corrected chi connectivity index (χ0v) is 17.8. The topological polar surface area (TPSA) is 74.6 Å². The van der Waals surface area contributed by atoms with Crippen molar-refractivity contribution in [1.29, 1.82) is 0 Å². The molecule has 0 amide bonds. The number of unbranched alkanes of at least 4 members (excludes halogenated alkanes) is 5. The number of hydrogen-bond donors (Lipinski definition) is 2. The van der Waals surface area contributed by atoms with Gasteiger partial charge in [0.1, 0.15) is 0 Å². The number of hydrogen-bond acceptors (Lipinski definition) is 2. The minimum atomic E-state index is -1.68. The van der Waals surface area contributed by atoms with Gasteiger partial charge in [-0.15, -0.1) is 0 Å². The minimum absolute atomic E-state index is 0. The summed E-state index contributed by atoms with van der Waals surface area (Å²) in [7, 11) is 0. The van der Waals surface area contributed by atoms with Crippen molar-refractivity contribution in [3.8, 4) is 0 Å². The smallest absolute Gasteiger partial charge is 1.00 e. The molecule has 0 aliphatic rings. The largest absolute Gasteiger partial charge is 2.00 e. The summed E-state index contributed by atoms with van der Waals surface area (Å²) in [5, 5.41) is 18.8. The summed E-state index contributed by atoms with van der Waals surface area (Å²) in [6, 6.07) is 0. The van der Waals surface area contributed by atoms with Gasteiger partial charge in [-0.1, -0.05) is 66.2 Å². The molecule has 4 nitrogen and oxygen atoms in total. The second-order valence-electron chi connectivity index (χ2n) is 6.28. The van der Waals surface area contributed by atoms with Crippen LogP contribution in [-0.2, 0) is 9.59 Å². The third-order valence-electron chi connectivity index (χ3n) is 3.92. The molecule has 0 saturated heterocycles. The Bertz CT molecular complexity index is 303. The Hall–Kier alpha value is 0.511. The van der Waals surface area contributed by atoms with E-state index in [2.05, 4.69) is 6.92 Å².